The molecule has 1 heterocycles. The lowest BCUT2D eigenvalue weighted by Crippen LogP contribution is -2.32. The first-order chi connectivity index (χ1) is 10.6. The minimum atomic E-state index is -0.366. The standard InChI is InChI=1S/C17H20ClN3O/c1-3-4-13-5-8-15(9-6-13)20-12(2)17(22)21-16-10-7-14(18)11-19-16/h5-12,20H,3-4H2,1-2H3,(H,19,21,22). The Balaban J connectivity index is 1.91. The van der Waals surface area contributed by atoms with E-state index in [0.29, 0.717) is 10.8 Å². The van der Waals surface area contributed by atoms with Crippen LogP contribution in [-0.2, 0) is 11.2 Å². The van der Waals surface area contributed by atoms with Gasteiger partial charge >= 0.3 is 0 Å². The summed E-state index contributed by atoms with van der Waals surface area (Å²) >= 11 is 5.77. The Morgan fingerprint density at radius 1 is 1.23 bits per heavy atom. The summed E-state index contributed by atoms with van der Waals surface area (Å²) in [5, 5.41) is 6.46. The SMILES string of the molecule is CCCc1ccc(NC(C)C(=O)Nc2ccc(Cl)cn2)cc1. The minimum Gasteiger partial charge on any atom is -0.374 e. The highest BCUT2D eigenvalue weighted by Crippen LogP contribution is 2.13. The van der Waals surface area contributed by atoms with Crippen molar-refractivity contribution in [3.8, 4) is 0 Å². The van der Waals surface area contributed by atoms with Gasteiger partial charge in [-0.25, -0.2) is 4.98 Å². The largest absolute Gasteiger partial charge is 0.374 e. The van der Waals surface area contributed by atoms with E-state index in [-0.39, 0.29) is 11.9 Å². The molecule has 0 aliphatic carbocycles. The van der Waals surface area contributed by atoms with Crippen molar-refractivity contribution in [1.29, 1.82) is 0 Å². The van der Waals surface area contributed by atoms with Crippen molar-refractivity contribution in [2.24, 2.45) is 0 Å². The van der Waals surface area contributed by atoms with E-state index in [1.165, 1.54) is 11.8 Å². The third-order valence-electron chi connectivity index (χ3n) is 3.25. The molecule has 2 rings (SSSR count). The molecule has 1 amide bonds. The highest BCUT2D eigenvalue weighted by Gasteiger charge is 2.13. The van der Waals surface area contributed by atoms with Gasteiger partial charge in [0.05, 0.1) is 5.02 Å². The van der Waals surface area contributed by atoms with Crippen LogP contribution in [0.2, 0.25) is 5.02 Å². The van der Waals surface area contributed by atoms with Crippen molar-refractivity contribution < 1.29 is 4.79 Å². The molecule has 4 nitrogen and oxygen atoms in total. The molecule has 2 aromatic rings. The number of pyridine rings is 1. The Kier molecular flexibility index (Phi) is 5.78. The first-order valence-corrected chi connectivity index (χ1v) is 7.74. The van der Waals surface area contributed by atoms with Crippen LogP contribution in [0.25, 0.3) is 0 Å². The molecule has 116 valence electrons. The van der Waals surface area contributed by atoms with Gasteiger partial charge in [0.1, 0.15) is 11.9 Å². The van der Waals surface area contributed by atoms with E-state index in [9.17, 15) is 4.79 Å². The topological polar surface area (TPSA) is 54.0 Å². The maximum atomic E-state index is 12.1. The summed E-state index contributed by atoms with van der Waals surface area (Å²) in [7, 11) is 0. The van der Waals surface area contributed by atoms with Gasteiger partial charge in [0.15, 0.2) is 0 Å². The van der Waals surface area contributed by atoms with Crippen LogP contribution in [0.1, 0.15) is 25.8 Å². The van der Waals surface area contributed by atoms with Crippen LogP contribution in [0.15, 0.2) is 42.6 Å². The summed E-state index contributed by atoms with van der Waals surface area (Å²) in [5.41, 5.74) is 2.22. The number of carbonyl (C=O) groups is 1. The second kappa shape index (κ2) is 7.80. The first kappa shape index (κ1) is 16.3. The Morgan fingerprint density at radius 2 is 1.95 bits per heavy atom. The highest BCUT2D eigenvalue weighted by atomic mass is 35.5. The zero-order valence-corrected chi connectivity index (χ0v) is 13.5. The van der Waals surface area contributed by atoms with Crippen molar-refractivity contribution >= 4 is 29.0 Å². The lowest BCUT2D eigenvalue weighted by molar-refractivity contribution is -0.116. The van der Waals surface area contributed by atoms with Crippen LogP contribution in [0.5, 0.6) is 0 Å². The van der Waals surface area contributed by atoms with Gasteiger partial charge in [-0.1, -0.05) is 37.1 Å². The van der Waals surface area contributed by atoms with Gasteiger partial charge in [-0.05, 0) is 43.2 Å². The lowest BCUT2D eigenvalue weighted by atomic mass is 10.1. The second-order valence-corrected chi connectivity index (χ2v) is 5.60. The molecule has 0 aliphatic heterocycles. The molecule has 0 radical (unpaired) electrons. The molecule has 22 heavy (non-hydrogen) atoms. The minimum absolute atomic E-state index is 0.146. The second-order valence-electron chi connectivity index (χ2n) is 5.16. The Labute approximate surface area is 135 Å². The number of hydrogen-bond acceptors (Lipinski definition) is 3. The summed E-state index contributed by atoms with van der Waals surface area (Å²) in [5.74, 6) is 0.341. The zero-order chi connectivity index (χ0) is 15.9. The van der Waals surface area contributed by atoms with Crippen molar-refractivity contribution in [2.75, 3.05) is 10.6 Å². The Morgan fingerprint density at radius 3 is 2.55 bits per heavy atom. The molecule has 0 spiro atoms. The summed E-state index contributed by atoms with van der Waals surface area (Å²) in [4.78, 5) is 16.2. The fourth-order valence-corrected chi connectivity index (χ4v) is 2.17. The lowest BCUT2D eigenvalue weighted by Gasteiger charge is -2.15. The molecule has 1 aromatic heterocycles. The molecular formula is C17H20ClN3O. The average Bonchev–Trinajstić information content (AvgIpc) is 2.51. The first-order valence-electron chi connectivity index (χ1n) is 7.36. The van der Waals surface area contributed by atoms with Crippen LogP contribution in [0.4, 0.5) is 11.5 Å². The molecule has 5 heteroatoms. The van der Waals surface area contributed by atoms with Gasteiger partial charge in [0.25, 0.3) is 0 Å². The average molecular weight is 318 g/mol. The van der Waals surface area contributed by atoms with Gasteiger partial charge in [0, 0.05) is 11.9 Å². The van der Waals surface area contributed by atoms with Gasteiger partial charge in [-0.15, -0.1) is 0 Å². The van der Waals surface area contributed by atoms with Gasteiger partial charge in [0.2, 0.25) is 5.91 Å². The number of amides is 1. The van der Waals surface area contributed by atoms with Gasteiger partial charge in [-0.2, -0.15) is 0 Å². The molecule has 0 saturated carbocycles. The number of hydrogen-bond donors (Lipinski definition) is 2. The van der Waals surface area contributed by atoms with Crippen LogP contribution in [0, 0.1) is 0 Å². The van der Waals surface area contributed by atoms with Crippen LogP contribution >= 0.6 is 11.6 Å². The Hall–Kier alpha value is -2.07. The van der Waals surface area contributed by atoms with Gasteiger partial charge in [-0.3, -0.25) is 4.79 Å². The van der Waals surface area contributed by atoms with Crippen molar-refractivity contribution in [3.05, 3.63) is 53.2 Å². The number of aryl methyl sites for hydroxylation is 1. The third-order valence-corrected chi connectivity index (χ3v) is 3.47. The van der Waals surface area contributed by atoms with Crippen LogP contribution in [0.3, 0.4) is 0 Å². The summed E-state index contributed by atoms with van der Waals surface area (Å²) in [6.07, 6.45) is 3.69. The number of carbonyl (C=O) groups excluding carboxylic acids is 1. The van der Waals surface area contributed by atoms with E-state index in [1.807, 2.05) is 19.1 Å². The normalized spacial score (nSPS) is 11.8. The molecule has 1 unspecified atom stereocenters. The number of anilines is 2. The maximum absolute atomic E-state index is 12.1. The summed E-state index contributed by atoms with van der Waals surface area (Å²) in [6.45, 7) is 3.97. The fourth-order valence-electron chi connectivity index (χ4n) is 2.06. The molecule has 1 atom stereocenters. The predicted molar refractivity (Wildman–Crippen MR) is 91.4 cm³/mol. The van der Waals surface area contributed by atoms with Crippen LogP contribution in [-0.4, -0.2) is 16.9 Å². The molecule has 2 N–H and O–H groups in total. The number of benzene rings is 1. The van der Waals surface area contributed by atoms with Crippen molar-refractivity contribution in [2.45, 2.75) is 32.7 Å². The summed E-state index contributed by atoms with van der Waals surface area (Å²) in [6, 6.07) is 11.1. The monoisotopic (exact) mass is 317 g/mol. The number of halogens is 1. The van der Waals surface area contributed by atoms with E-state index in [0.717, 1.165) is 18.5 Å². The quantitative estimate of drug-likeness (QED) is 0.842. The van der Waals surface area contributed by atoms with E-state index >= 15 is 0 Å². The summed E-state index contributed by atoms with van der Waals surface area (Å²) < 4.78 is 0. The number of nitrogens with zero attached hydrogens (tertiary/aromatic N) is 1. The molecule has 1 aromatic carbocycles. The van der Waals surface area contributed by atoms with Crippen molar-refractivity contribution in [3.63, 3.8) is 0 Å². The number of aromatic nitrogens is 1. The fraction of sp³-hybridized carbons (Fsp3) is 0.294. The molecule has 0 saturated heterocycles. The Bertz CT molecular complexity index is 611. The van der Waals surface area contributed by atoms with E-state index in [2.05, 4.69) is 34.7 Å². The van der Waals surface area contributed by atoms with Gasteiger partial charge < -0.3 is 10.6 Å². The van der Waals surface area contributed by atoms with E-state index in [1.54, 1.807) is 12.1 Å². The molecule has 0 aliphatic rings. The molecule has 0 bridgehead atoms. The molecular weight excluding hydrogens is 298 g/mol. The number of nitrogens with one attached hydrogen (secondary N) is 2. The number of rotatable bonds is 6. The third kappa shape index (κ3) is 4.74. The van der Waals surface area contributed by atoms with Crippen LogP contribution < -0.4 is 10.6 Å². The maximum Gasteiger partial charge on any atom is 0.247 e. The predicted octanol–water partition coefficient (Wildman–Crippen LogP) is 4.13. The smallest absolute Gasteiger partial charge is 0.247 e. The zero-order valence-electron chi connectivity index (χ0n) is 12.8. The highest BCUT2D eigenvalue weighted by molar-refractivity contribution is 6.30. The van der Waals surface area contributed by atoms with E-state index < -0.39 is 0 Å². The van der Waals surface area contributed by atoms with E-state index in [4.69, 9.17) is 11.6 Å². The van der Waals surface area contributed by atoms with Crippen molar-refractivity contribution in [1.82, 2.24) is 4.98 Å². The molecule has 0 fully saturated rings.